The Morgan fingerprint density at radius 1 is 1.17 bits per heavy atom. The Morgan fingerprint density at radius 3 is 2.78 bits per heavy atom. The molecule has 1 aliphatic heterocycles. The van der Waals surface area contributed by atoms with Crippen molar-refractivity contribution in [1.82, 2.24) is 19.5 Å². The topological polar surface area (TPSA) is 46.8 Å². The second kappa shape index (κ2) is 4.24. The van der Waals surface area contributed by atoms with Gasteiger partial charge in [-0.3, -0.25) is 0 Å². The maximum absolute atomic E-state index is 6.19. The summed E-state index contributed by atoms with van der Waals surface area (Å²) in [5.74, 6) is 1.80. The third-order valence-electron chi connectivity index (χ3n) is 3.29. The first-order chi connectivity index (χ1) is 8.65. The molecule has 0 spiro atoms. The molecule has 18 heavy (non-hydrogen) atoms. The number of halogens is 1. The molecule has 94 valence electrons. The monoisotopic (exact) mass is 263 g/mol. The SMILES string of the molecule is Cc1nc(Cl)c(N2CCn3ccnc3C2)nc1C. The van der Waals surface area contributed by atoms with Crippen LogP contribution in [-0.2, 0) is 13.1 Å². The van der Waals surface area contributed by atoms with Crippen molar-refractivity contribution in [3.05, 3.63) is 34.8 Å². The molecule has 0 atom stereocenters. The normalized spacial score (nSPS) is 14.7. The summed E-state index contributed by atoms with van der Waals surface area (Å²) in [5, 5.41) is 0.470. The van der Waals surface area contributed by atoms with Crippen molar-refractivity contribution in [2.24, 2.45) is 0 Å². The van der Waals surface area contributed by atoms with Gasteiger partial charge in [0.1, 0.15) is 5.82 Å². The maximum atomic E-state index is 6.19. The molecule has 0 radical (unpaired) electrons. The van der Waals surface area contributed by atoms with E-state index in [1.165, 1.54) is 0 Å². The molecule has 0 saturated heterocycles. The van der Waals surface area contributed by atoms with E-state index in [0.717, 1.165) is 42.7 Å². The van der Waals surface area contributed by atoms with Crippen molar-refractivity contribution in [2.45, 2.75) is 26.9 Å². The average Bonchev–Trinajstić information content (AvgIpc) is 2.80. The van der Waals surface area contributed by atoms with Gasteiger partial charge < -0.3 is 9.47 Å². The van der Waals surface area contributed by atoms with Gasteiger partial charge >= 0.3 is 0 Å². The molecule has 0 aliphatic carbocycles. The molecule has 0 N–H and O–H groups in total. The first kappa shape index (κ1) is 11.5. The molecule has 3 rings (SSSR count). The number of hydrogen-bond donors (Lipinski definition) is 0. The summed E-state index contributed by atoms with van der Waals surface area (Å²) in [6.45, 7) is 6.37. The number of imidazole rings is 1. The lowest BCUT2D eigenvalue weighted by Crippen LogP contribution is -2.34. The van der Waals surface area contributed by atoms with Gasteiger partial charge in [-0.15, -0.1) is 0 Å². The van der Waals surface area contributed by atoms with Crippen LogP contribution in [0.5, 0.6) is 0 Å². The lowest BCUT2D eigenvalue weighted by molar-refractivity contribution is 0.555. The summed E-state index contributed by atoms with van der Waals surface area (Å²) in [5.41, 5.74) is 1.80. The lowest BCUT2D eigenvalue weighted by atomic mass is 10.3. The molecule has 0 saturated carbocycles. The Morgan fingerprint density at radius 2 is 1.94 bits per heavy atom. The second-order valence-corrected chi connectivity index (χ2v) is 4.83. The minimum Gasteiger partial charge on any atom is -0.345 e. The van der Waals surface area contributed by atoms with E-state index in [4.69, 9.17) is 11.6 Å². The van der Waals surface area contributed by atoms with Crippen LogP contribution in [0.3, 0.4) is 0 Å². The predicted octanol–water partition coefficient (Wildman–Crippen LogP) is 1.96. The zero-order chi connectivity index (χ0) is 12.7. The quantitative estimate of drug-likeness (QED) is 0.789. The lowest BCUT2D eigenvalue weighted by Gasteiger charge is -2.29. The molecular formula is C12H14ClN5. The molecule has 1 aliphatic rings. The van der Waals surface area contributed by atoms with E-state index in [1.807, 2.05) is 26.2 Å². The van der Waals surface area contributed by atoms with E-state index in [9.17, 15) is 0 Å². The number of nitrogens with zero attached hydrogens (tertiary/aromatic N) is 5. The Bertz CT molecular complexity index is 592. The van der Waals surface area contributed by atoms with Gasteiger partial charge in [-0.25, -0.2) is 15.0 Å². The van der Waals surface area contributed by atoms with E-state index >= 15 is 0 Å². The highest BCUT2D eigenvalue weighted by Gasteiger charge is 2.21. The minimum atomic E-state index is 0.470. The van der Waals surface area contributed by atoms with Gasteiger partial charge in [-0.2, -0.15) is 0 Å². The number of anilines is 1. The van der Waals surface area contributed by atoms with Crippen LogP contribution in [0.1, 0.15) is 17.2 Å². The third-order valence-corrected chi connectivity index (χ3v) is 3.55. The summed E-state index contributed by atoms with van der Waals surface area (Å²) in [4.78, 5) is 15.3. The van der Waals surface area contributed by atoms with Crippen molar-refractivity contribution in [3.63, 3.8) is 0 Å². The Kier molecular flexibility index (Phi) is 2.70. The summed E-state index contributed by atoms with van der Waals surface area (Å²) >= 11 is 6.19. The molecule has 0 aromatic carbocycles. The smallest absolute Gasteiger partial charge is 0.171 e. The second-order valence-electron chi connectivity index (χ2n) is 4.47. The number of fused-ring (bicyclic) bond motifs is 1. The van der Waals surface area contributed by atoms with Gasteiger partial charge in [-0.1, -0.05) is 11.6 Å². The average molecular weight is 264 g/mol. The van der Waals surface area contributed by atoms with Crippen molar-refractivity contribution in [2.75, 3.05) is 11.4 Å². The van der Waals surface area contributed by atoms with Crippen molar-refractivity contribution in [3.8, 4) is 0 Å². The number of aromatic nitrogens is 4. The van der Waals surface area contributed by atoms with Gasteiger partial charge in [0, 0.05) is 25.5 Å². The standard InChI is InChI=1S/C12H14ClN5/c1-8-9(2)16-12(11(13)15-8)18-6-5-17-4-3-14-10(17)7-18/h3-4H,5-7H2,1-2H3. The zero-order valence-corrected chi connectivity index (χ0v) is 11.1. The molecule has 3 heterocycles. The van der Waals surface area contributed by atoms with Crippen molar-refractivity contribution >= 4 is 17.4 Å². The van der Waals surface area contributed by atoms with Gasteiger partial charge in [0.05, 0.1) is 17.9 Å². The Balaban J connectivity index is 1.95. The number of hydrogen-bond acceptors (Lipinski definition) is 4. The Hall–Kier alpha value is -1.62. The number of rotatable bonds is 1. The summed E-state index contributed by atoms with van der Waals surface area (Å²) in [7, 11) is 0. The van der Waals surface area contributed by atoms with Gasteiger partial charge in [0.2, 0.25) is 0 Å². The zero-order valence-electron chi connectivity index (χ0n) is 10.4. The molecule has 2 aromatic rings. The highest BCUT2D eigenvalue weighted by molar-refractivity contribution is 6.31. The van der Waals surface area contributed by atoms with Gasteiger partial charge in [0.25, 0.3) is 0 Å². The van der Waals surface area contributed by atoms with Crippen LogP contribution in [0.15, 0.2) is 12.4 Å². The Labute approximate surface area is 110 Å². The fourth-order valence-corrected chi connectivity index (χ4v) is 2.41. The molecule has 5 nitrogen and oxygen atoms in total. The van der Waals surface area contributed by atoms with Crippen LogP contribution in [0, 0.1) is 13.8 Å². The molecule has 2 aromatic heterocycles. The van der Waals surface area contributed by atoms with E-state index in [-0.39, 0.29) is 0 Å². The van der Waals surface area contributed by atoms with E-state index < -0.39 is 0 Å². The molecule has 0 amide bonds. The van der Waals surface area contributed by atoms with Crippen LogP contribution in [0.2, 0.25) is 5.15 Å². The van der Waals surface area contributed by atoms with Crippen molar-refractivity contribution in [1.29, 1.82) is 0 Å². The summed E-state index contributed by atoms with van der Waals surface area (Å²) < 4.78 is 2.15. The first-order valence-corrected chi connectivity index (χ1v) is 6.28. The largest absolute Gasteiger partial charge is 0.345 e. The van der Waals surface area contributed by atoms with E-state index in [1.54, 1.807) is 0 Å². The first-order valence-electron chi connectivity index (χ1n) is 5.91. The van der Waals surface area contributed by atoms with Crippen LogP contribution in [0.4, 0.5) is 5.82 Å². The molecule has 0 fully saturated rings. The van der Waals surface area contributed by atoms with Crippen LogP contribution in [-0.4, -0.2) is 26.1 Å². The molecule has 6 heteroatoms. The fourth-order valence-electron chi connectivity index (χ4n) is 2.12. The van der Waals surface area contributed by atoms with E-state index in [2.05, 4.69) is 24.4 Å². The number of aryl methyl sites for hydroxylation is 2. The van der Waals surface area contributed by atoms with Crippen LogP contribution >= 0.6 is 11.6 Å². The van der Waals surface area contributed by atoms with Gasteiger partial charge in [0.15, 0.2) is 11.0 Å². The van der Waals surface area contributed by atoms with Crippen LogP contribution in [0.25, 0.3) is 0 Å². The summed E-state index contributed by atoms with van der Waals surface area (Å²) in [6.07, 6.45) is 3.83. The maximum Gasteiger partial charge on any atom is 0.171 e. The fraction of sp³-hybridized carbons (Fsp3) is 0.417. The summed E-state index contributed by atoms with van der Waals surface area (Å²) in [6, 6.07) is 0. The molecule has 0 bridgehead atoms. The highest BCUT2D eigenvalue weighted by atomic mass is 35.5. The van der Waals surface area contributed by atoms with Crippen LogP contribution < -0.4 is 4.90 Å². The molecule has 0 unspecified atom stereocenters. The minimum absolute atomic E-state index is 0.470. The molecular weight excluding hydrogens is 250 g/mol. The van der Waals surface area contributed by atoms with Gasteiger partial charge in [-0.05, 0) is 13.8 Å². The van der Waals surface area contributed by atoms with E-state index in [0.29, 0.717) is 5.15 Å². The highest BCUT2D eigenvalue weighted by Crippen LogP contribution is 2.25. The predicted molar refractivity (Wildman–Crippen MR) is 69.8 cm³/mol. The third kappa shape index (κ3) is 1.84. The van der Waals surface area contributed by atoms with Crippen molar-refractivity contribution < 1.29 is 0 Å².